The van der Waals surface area contributed by atoms with E-state index in [1.807, 2.05) is 0 Å². The van der Waals surface area contributed by atoms with E-state index in [-0.39, 0.29) is 5.56 Å². The van der Waals surface area contributed by atoms with Crippen molar-refractivity contribution in [3.05, 3.63) is 53.6 Å². The predicted octanol–water partition coefficient (Wildman–Crippen LogP) is 3.45. The summed E-state index contributed by atoms with van der Waals surface area (Å²) in [4.78, 5) is 24.8. The number of amides is 1. The van der Waals surface area contributed by atoms with Crippen LogP contribution in [0.5, 0.6) is 0 Å². The molecule has 0 heterocycles. The van der Waals surface area contributed by atoms with Crippen molar-refractivity contribution in [2.45, 2.75) is 17.9 Å². The van der Waals surface area contributed by atoms with Crippen molar-refractivity contribution in [3.8, 4) is 0 Å². The summed E-state index contributed by atoms with van der Waals surface area (Å²) in [6.45, 7) is 1.30. The van der Waals surface area contributed by atoms with Gasteiger partial charge in [-0.25, -0.2) is 13.6 Å². The summed E-state index contributed by atoms with van der Waals surface area (Å²) in [6.07, 6.45) is 0.557. The zero-order chi connectivity index (χ0) is 18.6. The Bertz CT molecular complexity index is 794. The lowest BCUT2D eigenvalue weighted by Gasteiger charge is -2.14. The third kappa shape index (κ3) is 4.48. The van der Waals surface area contributed by atoms with Crippen LogP contribution < -0.4 is 11.1 Å². The van der Waals surface area contributed by atoms with Crippen LogP contribution in [-0.4, -0.2) is 24.2 Å². The number of halogens is 2. The maximum atomic E-state index is 13.5. The van der Waals surface area contributed by atoms with E-state index in [9.17, 15) is 18.4 Å². The highest BCUT2D eigenvalue weighted by molar-refractivity contribution is 7.98. The smallest absolute Gasteiger partial charge is 0.338 e. The van der Waals surface area contributed by atoms with Crippen LogP contribution in [0.4, 0.5) is 20.2 Å². The van der Waals surface area contributed by atoms with Crippen molar-refractivity contribution in [1.82, 2.24) is 0 Å². The van der Waals surface area contributed by atoms with Crippen molar-refractivity contribution in [1.29, 1.82) is 0 Å². The number of nitrogen functional groups attached to an aromatic ring is 1. The first-order valence-electron chi connectivity index (χ1n) is 7.23. The van der Waals surface area contributed by atoms with Gasteiger partial charge in [0, 0.05) is 10.6 Å². The second-order valence-electron chi connectivity index (χ2n) is 5.09. The predicted molar refractivity (Wildman–Crippen MR) is 92.5 cm³/mol. The van der Waals surface area contributed by atoms with Crippen LogP contribution in [0.3, 0.4) is 0 Å². The first-order chi connectivity index (χ1) is 11.8. The van der Waals surface area contributed by atoms with E-state index in [0.717, 1.165) is 12.1 Å². The largest absolute Gasteiger partial charge is 0.449 e. The average Bonchev–Trinajstić information content (AvgIpc) is 2.58. The lowest BCUT2D eigenvalue weighted by molar-refractivity contribution is -0.123. The number of carbonyl (C=O) groups is 2. The summed E-state index contributed by atoms with van der Waals surface area (Å²) in [6, 6.07) is 7.76. The summed E-state index contributed by atoms with van der Waals surface area (Å²) in [5, 5.41) is 2.08. The molecule has 0 spiro atoms. The number of hydrogen-bond donors (Lipinski definition) is 2. The van der Waals surface area contributed by atoms with Gasteiger partial charge in [0.25, 0.3) is 5.91 Å². The highest BCUT2D eigenvalue weighted by atomic mass is 32.2. The number of benzene rings is 2. The van der Waals surface area contributed by atoms with Gasteiger partial charge in [-0.3, -0.25) is 4.79 Å². The van der Waals surface area contributed by atoms with Crippen LogP contribution in [0, 0.1) is 11.6 Å². The van der Waals surface area contributed by atoms with Gasteiger partial charge in [0.15, 0.2) is 6.10 Å². The number of para-hydroxylation sites is 1. The fraction of sp³-hybridized carbons (Fsp3) is 0.176. The number of nitrogens with one attached hydrogen (secondary N) is 1. The highest BCUT2D eigenvalue weighted by Crippen LogP contribution is 2.24. The van der Waals surface area contributed by atoms with Crippen LogP contribution in [-0.2, 0) is 9.53 Å². The molecule has 0 aromatic heterocycles. The Balaban J connectivity index is 2.07. The molecule has 0 aliphatic carbocycles. The number of anilines is 2. The fourth-order valence-electron chi connectivity index (χ4n) is 1.96. The molecule has 0 saturated heterocycles. The minimum Gasteiger partial charge on any atom is -0.449 e. The number of ether oxygens (including phenoxy) is 1. The van der Waals surface area contributed by atoms with Gasteiger partial charge >= 0.3 is 5.97 Å². The molecule has 0 radical (unpaired) electrons. The van der Waals surface area contributed by atoms with Crippen molar-refractivity contribution in [2.75, 3.05) is 17.3 Å². The second-order valence-corrected chi connectivity index (χ2v) is 5.94. The summed E-state index contributed by atoms with van der Waals surface area (Å²) in [5.74, 6) is -3.44. The fourth-order valence-corrected chi connectivity index (χ4v) is 2.51. The molecule has 2 aromatic carbocycles. The average molecular weight is 366 g/mol. The summed E-state index contributed by atoms with van der Waals surface area (Å²) < 4.78 is 32.1. The number of esters is 1. The Kier molecular flexibility index (Phi) is 5.97. The third-order valence-electron chi connectivity index (χ3n) is 3.33. The van der Waals surface area contributed by atoms with Crippen molar-refractivity contribution < 1.29 is 23.1 Å². The molecule has 0 aliphatic heterocycles. The molecule has 1 atom stereocenters. The molecule has 2 rings (SSSR count). The van der Waals surface area contributed by atoms with E-state index in [2.05, 4.69) is 5.32 Å². The van der Waals surface area contributed by atoms with Crippen molar-refractivity contribution in [3.63, 3.8) is 0 Å². The molecule has 132 valence electrons. The third-order valence-corrected chi connectivity index (χ3v) is 4.13. The molecule has 3 N–H and O–H groups in total. The summed E-state index contributed by atoms with van der Waals surface area (Å²) in [5.41, 5.74) is 5.90. The quantitative estimate of drug-likeness (QED) is 0.481. The van der Waals surface area contributed by atoms with Gasteiger partial charge in [0.1, 0.15) is 17.3 Å². The van der Waals surface area contributed by atoms with Gasteiger partial charge in [-0.1, -0.05) is 6.07 Å². The maximum absolute atomic E-state index is 13.5. The lowest BCUT2D eigenvalue weighted by atomic mass is 10.2. The Morgan fingerprint density at radius 2 is 1.84 bits per heavy atom. The molecule has 2 aromatic rings. The molecule has 0 bridgehead atoms. The highest BCUT2D eigenvalue weighted by Gasteiger charge is 2.22. The van der Waals surface area contributed by atoms with Gasteiger partial charge in [-0.05, 0) is 43.5 Å². The Labute approximate surface area is 147 Å². The van der Waals surface area contributed by atoms with Crippen LogP contribution in [0.1, 0.15) is 17.3 Å². The van der Waals surface area contributed by atoms with Crippen LogP contribution >= 0.6 is 11.8 Å². The van der Waals surface area contributed by atoms with E-state index < -0.39 is 35.3 Å². The normalized spacial score (nSPS) is 11.7. The van der Waals surface area contributed by atoms with E-state index in [0.29, 0.717) is 10.6 Å². The Morgan fingerprint density at radius 1 is 1.20 bits per heavy atom. The van der Waals surface area contributed by atoms with Gasteiger partial charge in [0.05, 0.1) is 5.56 Å². The standard InChI is InChI=1S/C17H16F2N2O3S/c1-9(16(22)21-15-11(18)4-3-5-12(15)19)24-17(23)10-6-7-13(20)14(8-10)25-2/h3-9H,20H2,1-2H3,(H,21,22)/t9-/m1/s1. The minimum absolute atomic E-state index is 0.218. The second kappa shape index (κ2) is 7.98. The molecule has 0 fully saturated rings. The van der Waals surface area contributed by atoms with Crippen LogP contribution in [0.25, 0.3) is 0 Å². The molecule has 25 heavy (non-hydrogen) atoms. The maximum Gasteiger partial charge on any atom is 0.338 e. The summed E-state index contributed by atoms with van der Waals surface area (Å²) >= 11 is 1.36. The monoisotopic (exact) mass is 366 g/mol. The van der Waals surface area contributed by atoms with Crippen LogP contribution in [0.2, 0.25) is 0 Å². The van der Waals surface area contributed by atoms with Gasteiger partial charge in [0.2, 0.25) is 0 Å². The number of nitrogens with two attached hydrogens (primary N) is 1. The number of rotatable bonds is 5. The van der Waals surface area contributed by atoms with Gasteiger partial charge in [-0.15, -0.1) is 11.8 Å². The van der Waals surface area contributed by atoms with Gasteiger partial charge in [-0.2, -0.15) is 0 Å². The molecule has 0 saturated carbocycles. The first-order valence-corrected chi connectivity index (χ1v) is 8.45. The van der Waals surface area contributed by atoms with Crippen molar-refractivity contribution in [2.24, 2.45) is 0 Å². The molecule has 0 aliphatic rings. The number of thioether (sulfide) groups is 1. The molecular formula is C17H16F2N2O3S. The number of carbonyl (C=O) groups excluding carboxylic acids is 2. The molecule has 5 nitrogen and oxygen atoms in total. The topological polar surface area (TPSA) is 81.4 Å². The molecule has 8 heteroatoms. The van der Waals surface area contributed by atoms with E-state index in [1.165, 1.54) is 30.8 Å². The Hall–Kier alpha value is -2.61. The van der Waals surface area contributed by atoms with Gasteiger partial charge < -0.3 is 15.8 Å². The van der Waals surface area contributed by atoms with E-state index in [4.69, 9.17) is 10.5 Å². The number of hydrogen-bond acceptors (Lipinski definition) is 5. The Morgan fingerprint density at radius 3 is 2.44 bits per heavy atom. The molecule has 0 unspecified atom stereocenters. The SMILES string of the molecule is CSc1cc(C(=O)O[C@H](C)C(=O)Nc2c(F)cccc2F)ccc1N. The lowest BCUT2D eigenvalue weighted by Crippen LogP contribution is -2.30. The van der Waals surface area contributed by atoms with Crippen molar-refractivity contribution >= 4 is 35.0 Å². The van der Waals surface area contributed by atoms with E-state index >= 15 is 0 Å². The summed E-state index contributed by atoms with van der Waals surface area (Å²) in [7, 11) is 0. The van der Waals surface area contributed by atoms with Crippen LogP contribution in [0.15, 0.2) is 41.3 Å². The van der Waals surface area contributed by atoms with E-state index in [1.54, 1.807) is 18.4 Å². The minimum atomic E-state index is -1.25. The zero-order valence-electron chi connectivity index (χ0n) is 13.5. The molecule has 1 amide bonds. The first kappa shape index (κ1) is 18.7. The zero-order valence-corrected chi connectivity index (χ0v) is 14.3. The molecular weight excluding hydrogens is 350 g/mol.